The molecule has 0 unspecified atom stereocenters. The molecule has 108 valence electrons. The van der Waals surface area contributed by atoms with Crippen molar-refractivity contribution in [2.24, 2.45) is 0 Å². The predicted octanol–water partition coefficient (Wildman–Crippen LogP) is 1.57. The van der Waals surface area contributed by atoms with Crippen LogP contribution in [0, 0.1) is 0 Å². The van der Waals surface area contributed by atoms with E-state index in [0.29, 0.717) is 37.6 Å². The molecule has 2 aromatic rings. The Hall–Kier alpha value is -1.73. The van der Waals surface area contributed by atoms with Crippen LogP contribution >= 0.6 is 11.3 Å². The zero-order valence-corrected chi connectivity index (χ0v) is 12.1. The van der Waals surface area contributed by atoms with E-state index in [-0.39, 0.29) is 12.5 Å². The third kappa shape index (κ3) is 3.64. The highest BCUT2D eigenvalue weighted by Crippen LogP contribution is 2.21. The lowest BCUT2D eigenvalue weighted by atomic mass is 10.2. The Morgan fingerprint density at radius 2 is 2.40 bits per heavy atom. The lowest BCUT2D eigenvalue weighted by molar-refractivity contribution is -0.131. The highest BCUT2D eigenvalue weighted by atomic mass is 32.1. The van der Waals surface area contributed by atoms with Crippen LogP contribution < -0.4 is 0 Å². The van der Waals surface area contributed by atoms with E-state index in [4.69, 9.17) is 9.63 Å². The number of hydrogen-bond donors (Lipinski definition) is 1. The van der Waals surface area contributed by atoms with Gasteiger partial charge in [0.1, 0.15) is 0 Å². The van der Waals surface area contributed by atoms with Crippen molar-refractivity contribution in [3.63, 3.8) is 0 Å². The molecule has 0 fully saturated rings. The molecule has 1 amide bonds. The Morgan fingerprint density at radius 1 is 1.55 bits per heavy atom. The monoisotopic (exact) mass is 295 g/mol. The fraction of sp³-hybridized carbons (Fsp3) is 0.462. The number of thiophene rings is 1. The van der Waals surface area contributed by atoms with Gasteiger partial charge in [-0.3, -0.25) is 4.79 Å². The smallest absolute Gasteiger partial charge is 0.227 e. The maximum atomic E-state index is 11.9. The van der Waals surface area contributed by atoms with Crippen molar-refractivity contribution in [1.29, 1.82) is 0 Å². The molecule has 0 saturated carbocycles. The maximum absolute atomic E-state index is 11.9. The molecule has 1 N–H and O–H groups in total. The van der Waals surface area contributed by atoms with E-state index in [0.717, 1.165) is 4.88 Å². The lowest BCUT2D eigenvalue weighted by Gasteiger charge is -2.18. The van der Waals surface area contributed by atoms with Crippen LogP contribution in [0.5, 0.6) is 0 Å². The zero-order chi connectivity index (χ0) is 14.4. The summed E-state index contributed by atoms with van der Waals surface area (Å²) in [6.45, 7) is 2.81. The van der Waals surface area contributed by atoms with Gasteiger partial charge in [-0.15, -0.1) is 11.3 Å². The van der Waals surface area contributed by atoms with Crippen molar-refractivity contribution < 1.29 is 14.4 Å². The summed E-state index contributed by atoms with van der Waals surface area (Å²) in [4.78, 5) is 18.7. The van der Waals surface area contributed by atoms with Gasteiger partial charge in [-0.2, -0.15) is 4.98 Å². The fourth-order valence-electron chi connectivity index (χ4n) is 1.81. The average Bonchev–Trinajstić information content (AvgIpc) is 3.12. The van der Waals surface area contributed by atoms with E-state index >= 15 is 0 Å². The molecule has 0 bridgehead atoms. The van der Waals surface area contributed by atoms with Gasteiger partial charge in [0.15, 0.2) is 0 Å². The number of carbonyl (C=O) groups is 1. The Balaban J connectivity index is 1.90. The van der Waals surface area contributed by atoms with Crippen molar-refractivity contribution in [3.05, 3.63) is 23.4 Å². The van der Waals surface area contributed by atoms with Crippen LogP contribution in [0.4, 0.5) is 0 Å². The third-order valence-electron chi connectivity index (χ3n) is 2.87. The van der Waals surface area contributed by atoms with Gasteiger partial charge in [0.2, 0.25) is 17.6 Å². The molecule has 0 atom stereocenters. The number of aliphatic hydroxyl groups excluding tert-OH is 1. The van der Waals surface area contributed by atoms with Crippen LogP contribution in [0.3, 0.4) is 0 Å². The minimum atomic E-state index is -0.0251. The van der Waals surface area contributed by atoms with E-state index in [1.165, 1.54) is 0 Å². The van der Waals surface area contributed by atoms with Crippen LogP contribution in [-0.4, -0.2) is 45.8 Å². The summed E-state index contributed by atoms with van der Waals surface area (Å²) in [6, 6.07) is 3.85. The molecule has 0 aliphatic heterocycles. The normalized spacial score (nSPS) is 10.7. The quantitative estimate of drug-likeness (QED) is 0.838. The van der Waals surface area contributed by atoms with Gasteiger partial charge in [-0.05, 0) is 18.4 Å². The standard InChI is InChI=1S/C13H17N3O3S/c1-2-16(7-8-17)12(18)6-5-11-14-13(15-19-11)10-4-3-9-20-10/h3-4,9,17H,2,5-8H2,1H3. The number of aliphatic hydroxyl groups is 1. The number of rotatable bonds is 7. The second-order valence-corrected chi connectivity index (χ2v) is 5.13. The van der Waals surface area contributed by atoms with Crippen LogP contribution in [0.1, 0.15) is 19.2 Å². The molecule has 7 heteroatoms. The molecule has 20 heavy (non-hydrogen) atoms. The number of hydrogen-bond acceptors (Lipinski definition) is 6. The summed E-state index contributed by atoms with van der Waals surface area (Å²) in [7, 11) is 0. The number of aryl methyl sites for hydroxylation is 1. The van der Waals surface area contributed by atoms with Crippen LogP contribution in [0.25, 0.3) is 10.7 Å². The minimum absolute atomic E-state index is 0.0163. The second kappa shape index (κ2) is 7.16. The number of amides is 1. The summed E-state index contributed by atoms with van der Waals surface area (Å²) >= 11 is 1.54. The van der Waals surface area contributed by atoms with Crippen molar-refractivity contribution in [2.45, 2.75) is 19.8 Å². The van der Waals surface area contributed by atoms with E-state index < -0.39 is 0 Å². The number of carbonyl (C=O) groups excluding carboxylic acids is 1. The van der Waals surface area contributed by atoms with Crippen molar-refractivity contribution in [3.8, 4) is 10.7 Å². The molecule has 0 aromatic carbocycles. The second-order valence-electron chi connectivity index (χ2n) is 4.19. The van der Waals surface area contributed by atoms with Crippen LogP contribution in [0.2, 0.25) is 0 Å². The summed E-state index contributed by atoms with van der Waals surface area (Å²) in [5.41, 5.74) is 0. The van der Waals surface area contributed by atoms with Crippen LogP contribution in [0.15, 0.2) is 22.0 Å². The largest absolute Gasteiger partial charge is 0.395 e. The molecule has 0 spiro atoms. The molecule has 6 nitrogen and oxygen atoms in total. The highest BCUT2D eigenvalue weighted by Gasteiger charge is 2.14. The van der Waals surface area contributed by atoms with Crippen molar-refractivity contribution >= 4 is 17.2 Å². The molecule has 0 radical (unpaired) electrons. The Kier molecular flexibility index (Phi) is 5.25. The van der Waals surface area contributed by atoms with Gasteiger partial charge in [0.25, 0.3) is 0 Å². The molecular formula is C13H17N3O3S. The van der Waals surface area contributed by atoms with Gasteiger partial charge in [-0.1, -0.05) is 11.2 Å². The number of nitrogens with zero attached hydrogens (tertiary/aromatic N) is 3. The maximum Gasteiger partial charge on any atom is 0.227 e. The Morgan fingerprint density at radius 3 is 3.05 bits per heavy atom. The summed E-state index contributed by atoms with van der Waals surface area (Å²) in [6.07, 6.45) is 0.721. The topological polar surface area (TPSA) is 79.5 Å². The summed E-state index contributed by atoms with van der Waals surface area (Å²) in [5.74, 6) is 1.00. The van der Waals surface area contributed by atoms with Crippen molar-refractivity contribution in [1.82, 2.24) is 15.0 Å². The van der Waals surface area contributed by atoms with E-state index in [1.54, 1.807) is 16.2 Å². The van der Waals surface area contributed by atoms with E-state index in [2.05, 4.69) is 10.1 Å². The van der Waals surface area contributed by atoms with Gasteiger partial charge in [0.05, 0.1) is 11.5 Å². The molecule has 2 aromatic heterocycles. The predicted molar refractivity (Wildman–Crippen MR) is 75.3 cm³/mol. The first-order valence-electron chi connectivity index (χ1n) is 6.49. The van der Waals surface area contributed by atoms with E-state index in [9.17, 15) is 4.79 Å². The fourth-order valence-corrected chi connectivity index (χ4v) is 2.46. The first kappa shape index (κ1) is 14.7. The molecule has 2 rings (SSSR count). The molecule has 0 saturated heterocycles. The van der Waals surface area contributed by atoms with Gasteiger partial charge in [-0.25, -0.2) is 0 Å². The highest BCUT2D eigenvalue weighted by molar-refractivity contribution is 7.13. The zero-order valence-electron chi connectivity index (χ0n) is 11.3. The van der Waals surface area contributed by atoms with Crippen LogP contribution in [-0.2, 0) is 11.2 Å². The Labute approximate surface area is 121 Å². The van der Waals surface area contributed by atoms with E-state index in [1.807, 2.05) is 24.4 Å². The summed E-state index contributed by atoms with van der Waals surface area (Å²) in [5, 5.41) is 14.7. The third-order valence-corrected chi connectivity index (χ3v) is 3.73. The number of likely N-dealkylation sites (N-methyl/N-ethyl adjacent to an activating group) is 1. The minimum Gasteiger partial charge on any atom is -0.395 e. The molecule has 2 heterocycles. The first-order valence-corrected chi connectivity index (χ1v) is 7.37. The average molecular weight is 295 g/mol. The van der Waals surface area contributed by atoms with Gasteiger partial charge < -0.3 is 14.5 Å². The van der Waals surface area contributed by atoms with Gasteiger partial charge >= 0.3 is 0 Å². The first-order chi connectivity index (χ1) is 9.74. The number of aromatic nitrogens is 2. The molecule has 0 aliphatic carbocycles. The van der Waals surface area contributed by atoms with Crippen molar-refractivity contribution in [2.75, 3.05) is 19.7 Å². The summed E-state index contributed by atoms with van der Waals surface area (Å²) < 4.78 is 5.14. The SMILES string of the molecule is CCN(CCO)C(=O)CCc1nc(-c2cccs2)no1. The Bertz CT molecular complexity index is 539. The molecule has 0 aliphatic rings. The van der Waals surface area contributed by atoms with Gasteiger partial charge in [0, 0.05) is 25.9 Å². The lowest BCUT2D eigenvalue weighted by Crippen LogP contribution is -2.33. The molecular weight excluding hydrogens is 278 g/mol.